The highest BCUT2D eigenvalue weighted by Gasteiger charge is 2.22. The molecule has 0 N–H and O–H groups in total. The molecule has 450 valence electrons. The highest BCUT2D eigenvalue weighted by atomic mass is 32.1. The van der Waals surface area contributed by atoms with Gasteiger partial charge in [0.2, 0.25) is 0 Å². The van der Waals surface area contributed by atoms with Crippen molar-refractivity contribution in [3.63, 3.8) is 0 Å². The van der Waals surface area contributed by atoms with E-state index in [0.29, 0.717) is 34.9 Å². The Balaban J connectivity index is 0.696. The molecule has 0 radical (unpaired) electrons. The van der Waals surface area contributed by atoms with Gasteiger partial charge >= 0.3 is 0 Å². The zero-order valence-corrected chi connectivity index (χ0v) is 54.2. The molecule has 0 fully saturated rings. The summed E-state index contributed by atoms with van der Waals surface area (Å²) in [6, 6.07) is 109. The summed E-state index contributed by atoms with van der Waals surface area (Å²) in [5.74, 6) is 3.76. The van der Waals surface area contributed by atoms with E-state index in [1.54, 1.807) is 11.3 Å². The molecule has 0 aliphatic rings. The highest BCUT2D eigenvalue weighted by Crippen LogP contribution is 2.48. The van der Waals surface area contributed by atoms with Crippen molar-refractivity contribution in [2.24, 2.45) is 0 Å². The molecule has 6 nitrogen and oxygen atoms in total. The summed E-state index contributed by atoms with van der Waals surface area (Å²) in [7, 11) is 0. The molecule has 0 amide bonds. The van der Waals surface area contributed by atoms with Crippen LogP contribution in [0.3, 0.4) is 0 Å². The SMILES string of the molecule is c1ccc(-c2nc(-c3cccc(-c4ccc5c(-c6ccc7sc8c(-c9nc(-c%10ccccc%10)nc(-c%10cccc(-c%11cccc%12c%11ccc%11c%13ccccc%13sc%12%11)c%10)n9)cccc8c7c6)cc6c7ccccc7sc6c5c4)c3)nc(-c3cc4ccccc4c4ccccc34)n2)cc1. The molecule has 20 aromatic rings. The lowest BCUT2D eigenvalue weighted by Gasteiger charge is -2.13. The molecule has 20 rings (SSSR count). The monoisotopic (exact) mass is 1290 g/mol. The predicted octanol–water partition coefficient (Wildman–Crippen LogP) is 24.8. The van der Waals surface area contributed by atoms with Crippen LogP contribution in [-0.2, 0) is 0 Å². The summed E-state index contributed by atoms with van der Waals surface area (Å²) >= 11 is 5.52. The number of thiophene rings is 3. The van der Waals surface area contributed by atoms with Gasteiger partial charge in [0, 0.05) is 105 Å². The third kappa shape index (κ3) is 9.26. The van der Waals surface area contributed by atoms with Gasteiger partial charge in [0.15, 0.2) is 34.9 Å². The van der Waals surface area contributed by atoms with Gasteiger partial charge in [-0.15, -0.1) is 34.0 Å². The van der Waals surface area contributed by atoms with Crippen molar-refractivity contribution in [1.29, 1.82) is 0 Å². The highest BCUT2D eigenvalue weighted by molar-refractivity contribution is 7.27. The number of hydrogen-bond acceptors (Lipinski definition) is 9. The summed E-state index contributed by atoms with van der Waals surface area (Å²) < 4.78 is 7.47. The first-order valence-electron chi connectivity index (χ1n) is 32.5. The van der Waals surface area contributed by atoms with E-state index in [-0.39, 0.29) is 0 Å². The second-order valence-electron chi connectivity index (χ2n) is 24.8. The molecule has 0 atom stereocenters. The van der Waals surface area contributed by atoms with E-state index in [2.05, 4.69) is 267 Å². The third-order valence-electron chi connectivity index (χ3n) is 19.2. The van der Waals surface area contributed by atoms with Crippen LogP contribution in [0.4, 0.5) is 0 Å². The first-order valence-corrected chi connectivity index (χ1v) is 34.9. The summed E-state index contributed by atoms with van der Waals surface area (Å²) in [5.41, 5.74) is 12.4. The van der Waals surface area contributed by atoms with Crippen LogP contribution in [0, 0.1) is 0 Å². The minimum atomic E-state index is 0.615. The van der Waals surface area contributed by atoms with E-state index in [1.807, 2.05) is 59.1 Å². The average molecular weight is 1290 g/mol. The lowest BCUT2D eigenvalue weighted by Crippen LogP contribution is -2.01. The maximum atomic E-state index is 5.40. The van der Waals surface area contributed by atoms with Crippen LogP contribution in [0.25, 0.3) is 205 Å². The number of benzene rings is 15. The molecule has 0 saturated carbocycles. The van der Waals surface area contributed by atoms with E-state index >= 15 is 0 Å². The van der Waals surface area contributed by atoms with Crippen molar-refractivity contribution in [3.05, 3.63) is 303 Å². The Hall–Kier alpha value is -12.0. The predicted molar refractivity (Wildman–Crippen MR) is 411 cm³/mol. The largest absolute Gasteiger partial charge is 0.208 e. The van der Waals surface area contributed by atoms with E-state index in [9.17, 15) is 0 Å². The molecule has 5 aromatic heterocycles. The molecule has 0 saturated heterocycles. The smallest absolute Gasteiger partial charge is 0.165 e. The maximum absolute atomic E-state index is 5.40. The van der Waals surface area contributed by atoms with Crippen LogP contribution in [0.2, 0.25) is 0 Å². The van der Waals surface area contributed by atoms with Crippen LogP contribution in [0.15, 0.2) is 303 Å². The second kappa shape index (κ2) is 22.3. The van der Waals surface area contributed by atoms with Gasteiger partial charge in [0.25, 0.3) is 0 Å². The van der Waals surface area contributed by atoms with Gasteiger partial charge in [-0.2, -0.15) is 0 Å². The van der Waals surface area contributed by atoms with Crippen LogP contribution < -0.4 is 0 Å². The van der Waals surface area contributed by atoms with Gasteiger partial charge in [-0.3, -0.25) is 0 Å². The quantitative estimate of drug-likeness (QED) is 0.134. The summed E-state index contributed by atoms with van der Waals surface area (Å²) in [4.78, 5) is 31.7. The number of nitrogens with zero attached hydrogens (tertiary/aromatic N) is 6. The third-order valence-corrected chi connectivity index (χ3v) is 22.8. The minimum absolute atomic E-state index is 0.615. The molecule has 0 unspecified atom stereocenters. The van der Waals surface area contributed by atoms with E-state index in [0.717, 1.165) is 81.9 Å². The zero-order valence-electron chi connectivity index (χ0n) is 51.8. The normalized spacial score (nSPS) is 11.9. The molecule has 9 heteroatoms. The summed E-state index contributed by atoms with van der Waals surface area (Å²) in [6.07, 6.45) is 0. The Morgan fingerprint density at radius 3 is 1.27 bits per heavy atom. The van der Waals surface area contributed by atoms with Crippen LogP contribution in [0.1, 0.15) is 0 Å². The Kier molecular flexibility index (Phi) is 12.8. The maximum Gasteiger partial charge on any atom is 0.165 e. The number of fused-ring (bicyclic) bond motifs is 16. The van der Waals surface area contributed by atoms with Crippen molar-refractivity contribution in [3.8, 4) is 102 Å². The van der Waals surface area contributed by atoms with Gasteiger partial charge in [-0.25, -0.2) is 29.9 Å². The van der Waals surface area contributed by atoms with Crippen molar-refractivity contribution in [1.82, 2.24) is 29.9 Å². The number of rotatable bonds is 9. The van der Waals surface area contributed by atoms with Crippen LogP contribution >= 0.6 is 34.0 Å². The Bertz CT molecular complexity index is 6650. The van der Waals surface area contributed by atoms with Gasteiger partial charge in [0.1, 0.15) is 0 Å². The fourth-order valence-corrected chi connectivity index (χ4v) is 18.2. The molecule has 0 aliphatic carbocycles. The standard InChI is InChI=1S/C88H50N6S3/c1-3-19-51(20-4-1)83-89-86(59-27-16-25-55(46-59)61-33-17-34-68-64(61)42-43-70-66-31-11-13-37-77(66)95-80(68)70)93-87(91-83)71-36-18-35-69-73-48-57(40-44-79(73)97-81(69)71)72-50-75-67-32-12-14-38-78(67)96-82(75)74-47-54(39-41-65(72)74)53-24-15-26-58(45-53)85-90-84(52-21-5-2-6-22-52)92-88(94-85)76-49-56-23-7-8-28-60(56)62-29-9-10-30-63(62)76/h1-50H. The molecule has 97 heavy (non-hydrogen) atoms. The Morgan fingerprint density at radius 1 is 0.165 bits per heavy atom. The number of hydrogen-bond donors (Lipinski definition) is 0. The average Bonchev–Trinajstić information content (AvgIpc) is 1.66. The van der Waals surface area contributed by atoms with Crippen molar-refractivity contribution in [2.45, 2.75) is 0 Å². The lowest BCUT2D eigenvalue weighted by molar-refractivity contribution is 1.08. The minimum Gasteiger partial charge on any atom is -0.208 e. The molecular formula is C88H50N6S3. The lowest BCUT2D eigenvalue weighted by atomic mass is 9.92. The van der Waals surface area contributed by atoms with Gasteiger partial charge < -0.3 is 0 Å². The van der Waals surface area contributed by atoms with E-state index in [1.165, 1.54) is 88.5 Å². The molecule has 5 heterocycles. The zero-order chi connectivity index (χ0) is 63.7. The first kappa shape index (κ1) is 55.5. The van der Waals surface area contributed by atoms with Crippen molar-refractivity contribution >= 4 is 138 Å². The summed E-state index contributed by atoms with van der Waals surface area (Å²) in [5, 5.41) is 16.9. The summed E-state index contributed by atoms with van der Waals surface area (Å²) in [6.45, 7) is 0. The van der Waals surface area contributed by atoms with Gasteiger partial charge in [-0.05, 0) is 126 Å². The fourth-order valence-electron chi connectivity index (χ4n) is 14.5. The van der Waals surface area contributed by atoms with Crippen LogP contribution in [-0.4, -0.2) is 29.9 Å². The Morgan fingerprint density at radius 2 is 0.557 bits per heavy atom. The molecular weight excluding hydrogens is 1240 g/mol. The van der Waals surface area contributed by atoms with Gasteiger partial charge in [0.05, 0.1) is 0 Å². The van der Waals surface area contributed by atoms with E-state index < -0.39 is 0 Å². The Labute approximate surface area is 568 Å². The van der Waals surface area contributed by atoms with Gasteiger partial charge in [-0.1, -0.05) is 243 Å². The molecule has 0 aliphatic heterocycles. The molecule has 15 aromatic carbocycles. The van der Waals surface area contributed by atoms with Crippen molar-refractivity contribution in [2.75, 3.05) is 0 Å². The molecule has 0 spiro atoms. The first-order chi connectivity index (χ1) is 48.0. The molecule has 0 bridgehead atoms. The van der Waals surface area contributed by atoms with Crippen molar-refractivity contribution < 1.29 is 0 Å². The van der Waals surface area contributed by atoms with Crippen LogP contribution in [0.5, 0.6) is 0 Å². The second-order valence-corrected chi connectivity index (χ2v) is 27.9. The fraction of sp³-hybridized carbons (Fsp3) is 0. The topological polar surface area (TPSA) is 77.3 Å². The number of aromatic nitrogens is 6. The van der Waals surface area contributed by atoms with E-state index in [4.69, 9.17) is 29.9 Å².